The van der Waals surface area contributed by atoms with E-state index in [1.807, 2.05) is 0 Å². The van der Waals surface area contributed by atoms with E-state index in [0.717, 1.165) is 6.42 Å². The van der Waals surface area contributed by atoms with Crippen molar-refractivity contribution in [3.05, 3.63) is 18.2 Å². The predicted octanol–water partition coefficient (Wildman–Crippen LogP) is 0.193. The molecule has 1 aliphatic heterocycles. The molecule has 0 aliphatic carbocycles. The quantitative estimate of drug-likeness (QED) is 0.710. The predicted molar refractivity (Wildman–Crippen MR) is 93.4 cm³/mol. The molecule has 0 fully saturated rings. The maximum atomic E-state index is 12.6. The molecule has 0 spiro atoms. The minimum atomic E-state index is -3.85. The first-order valence-electron chi connectivity index (χ1n) is 8.16. The first-order valence-corrected chi connectivity index (χ1v) is 9.65. The van der Waals surface area contributed by atoms with E-state index >= 15 is 0 Å². The van der Waals surface area contributed by atoms with Gasteiger partial charge in [-0.3, -0.25) is 4.79 Å². The Kier molecular flexibility index (Phi) is 6.63. The van der Waals surface area contributed by atoms with Crippen molar-refractivity contribution in [1.29, 1.82) is 0 Å². The molecule has 0 bridgehead atoms. The van der Waals surface area contributed by atoms with Crippen molar-refractivity contribution in [3.63, 3.8) is 0 Å². The summed E-state index contributed by atoms with van der Waals surface area (Å²) in [6.07, 6.45) is 0.736. The summed E-state index contributed by atoms with van der Waals surface area (Å²) in [4.78, 5) is 13.8. The van der Waals surface area contributed by atoms with Crippen molar-refractivity contribution in [1.82, 2.24) is 14.9 Å². The van der Waals surface area contributed by atoms with Crippen LogP contribution in [0.15, 0.2) is 23.1 Å². The molecule has 1 aromatic rings. The highest BCUT2D eigenvalue weighted by atomic mass is 32.2. The number of amides is 1. The lowest BCUT2D eigenvalue weighted by atomic mass is 10.3. The van der Waals surface area contributed by atoms with Crippen LogP contribution in [0.25, 0.3) is 0 Å². The van der Waals surface area contributed by atoms with Crippen LogP contribution in [0.1, 0.15) is 13.3 Å². The first kappa shape index (κ1) is 19.5. The number of carbonyl (C=O) groups is 1. The molecule has 9 heteroatoms. The van der Waals surface area contributed by atoms with Gasteiger partial charge >= 0.3 is 0 Å². The van der Waals surface area contributed by atoms with E-state index in [-0.39, 0.29) is 10.8 Å². The van der Waals surface area contributed by atoms with E-state index in [1.165, 1.54) is 24.0 Å². The van der Waals surface area contributed by atoms with Crippen LogP contribution in [0.5, 0.6) is 11.5 Å². The number of hydrogen-bond acceptors (Lipinski definition) is 6. The number of carbonyl (C=O) groups excluding carboxylic acids is 1. The maximum Gasteiger partial charge on any atom is 0.241 e. The standard InChI is InChI=1S/C16H25N3O5S/c1-12(16(20)19(3)8-7-17-2)18-25(21,22)13-5-6-14-15(11-13)24-10-4-9-23-14/h5-6,11-12,17-18H,4,7-10H2,1-3H3. The van der Waals surface area contributed by atoms with Crippen LogP contribution in [-0.4, -0.2) is 65.7 Å². The summed E-state index contributed by atoms with van der Waals surface area (Å²) in [5, 5.41) is 2.94. The number of ether oxygens (including phenoxy) is 2. The molecule has 0 saturated heterocycles. The van der Waals surface area contributed by atoms with Crippen LogP contribution < -0.4 is 19.5 Å². The number of nitrogens with zero attached hydrogens (tertiary/aromatic N) is 1. The Bertz CT molecular complexity index is 708. The molecule has 0 aromatic heterocycles. The highest BCUT2D eigenvalue weighted by Gasteiger charge is 2.25. The van der Waals surface area contributed by atoms with E-state index in [9.17, 15) is 13.2 Å². The van der Waals surface area contributed by atoms with Gasteiger partial charge in [0.25, 0.3) is 0 Å². The first-order chi connectivity index (χ1) is 11.8. The van der Waals surface area contributed by atoms with Gasteiger partial charge in [0.2, 0.25) is 15.9 Å². The average molecular weight is 371 g/mol. The van der Waals surface area contributed by atoms with Crippen LogP contribution in [0.4, 0.5) is 0 Å². The fraction of sp³-hybridized carbons (Fsp3) is 0.562. The van der Waals surface area contributed by atoms with Crippen LogP contribution in [0.2, 0.25) is 0 Å². The highest BCUT2D eigenvalue weighted by molar-refractivity contribution is 7.89. The van der Waals surface area contributed by atoms with Gasteiger partial charge in [-0.15, -0.1) is 0 Å². The summed E-state index contributed by atoms with van der Waals surface area (Å²) in [5.41, 5.74) is 0. The Morgan fingerprint density at radius 3 is 2.64 bits per heavy atom. The average Bonchev–Trinajstić information content (AvgIpc) is 2.83. The van der Waals surface area contributed by atoms with Gasteiger partial charge in [0, 0.05) is 32.6 Å². The van der Waals surface area contributed by atoms with E-state index in [1.54, 1.807) is 20.2 Å². The SMILES string of the molecule is CNCCN(C)C(=O)C(C)NS(=O)(=O)c1ccc2c(c1)OCCCO2. The zero-order valence-electron chi connectivity index (χ0n) is 14.7. The largest absolute Gasteiger partial charge is 0.490 e. The molecule has 140 valence electrons. The Balaban J connectivity index is 2.10. The minimum absolute atomic E-state index is 0.0364. The van der Waals surface area contributed by atoms with Crippen molar-refractivity contribution in [2.45, 2.75) is 24.3 Å². The maximum absolute atomic E-state index is 12.6. The number of likely N-dealkylation sites (N-methyl/N-ethyl adjacent to an activating group) is 2. The number of hydrogen-bond donors (Lipinski definition) is 2. The van der Waals surface area contributed by atoms with Gasteiger partial charge < -0.3 is 19.7 Å². The summed E-state index contributed by atoms with van der Waals surface area (Å²) in [5.74, 6) is 0.617. The van der Waals surface area contributed by atoms with E-state index < -0.39 is 16.1 Å². The molecule has 1 unspecified atom stereocenters. The lowest BCUT2D eigenvalue weighted by Crippen LogP contribution is -2.46. The molecule has 2 rings (SSSR count). The normalized spacial score (nSPS) is 15.3. The molecule has 1 heterocycles. The van der Waals surface area contributed by atoms with E-state index in [4.69, 9.17) is 9.47 Å². The molecule has 1 aliphatic rings. The molecule has 25 heavy (non-hydrogen) atoms. The minimum Gasteiger partial charge on any atom is -0.490 e. The molecular formula is C16H25N3O5S. The Morgan fingerprint density at radius 1 is 1.28 bits per heavy atom. The van der Waals surface area contributed by atoms with Crippen molar-refractivity contribution in [2.24, 2.45) is 0 Å². The number of rotatable bonds is 7. The topological polar surface area (TPSA) is 97.0 Å². The molecule has 0 saturated carbocycles. The number of benzene rings is 1. The monoisotopic (exact) mass is 371 g/mol. The summed E-state index contributed by atoms with van der Waals surface area (Å²) in [7, 11) is -0.429. The van der Waals surface area contributed by atoms with Gasteiger partial charge in [-0.2, -0.15) is 4.72 Å². The lowest BCUT2D eigenvalue weighted by molar-refractivity contribution is -0.131. The van der Waals surface area contributed by atoms with E-state index in [0.29, 0.717) is 37.8 Å². The summed E-state index contributed by atoms with van der Waals surface area (Å²) in [6, 6.07) is 3.56. The number of sulfonamides is 1. The molecule has 2 N–H and O–H groups in total. The van der Waals surface area contributed by atoms with Gasteiger partial charge in [0.1, 0.15) is 0 Å². The summed E-state index contributed by atoms with van der Waals surface area (Å²) >= 11 is 0. The Hall–Kier alpha value is -1.84. The van der Waals surface area contributed by atoms with Crippen molar-refractivity contribution in [3.8, 4) is 11.5 Å². The van der Waals surface area contributed by atoms with Crippen molar-refractivity contribution in [2.75, 3.05) is 40.4 Å². The van der Waals surface area contributed by atoms with Gasteiger partial charge in [-0.1, -0.05) is 0 Å². The second-order valence-corrected chi connectivity index (χ2v) is 7.58. The molecule has 1 atom stereocenters. The Morgan fingerprint density at radius 2 is 1.96 bits per heavy atom. The third-order valence-electron chi connectivity index (χ3n) is 3.81. The highest BCUT2D eigenvalue weighted by Crippen LogP contribution is 2.31. The van der Waals surface area contributed by atoms with Gasteiger partial charge in [-0.25, -0.2) is 8.42 Å². The lowest BCUT2D eigenvalue weighted by Gasteiger charge is -2.22. The van der Waals surface area contributed by atoms with Gasteiger partial charge in [-0.05, 0) is 26.1 Å². The number of fused-ring (bicyclic) bond motifs is 1. The second-order valence-electron chi connectivity index (χ2n) is 5.87. The van der Waals surface area contributed by atoms with Gasteiger partial charge in [0.05, 0.1) is 24.2 Å². The number of nitrogens with one attached hydrogen (secondary N) is 2. The fourth-order valence-electron chi connectivity index (χ4n) is 2.38. The smallest absolute Gasteiger partial charge is 0.241 e. The van der Waals surface area contributed by atoms with E-state index in [2.05, 4.69) is 10.0 Å². The third-order valence-corrected chi connectivity index (χ3v) is 5.34. The van der Waals surface area contributed by atoms with Crippen LogP contribution in [-0.2, 0) is 14.8 Å². The Labute approximate surface area is 148 Å². The molecule has 1 amide bonds. The summed E-state index contributed by atoms with van der Waals surface area (Å²) in [6.45, 7) is 3.64. The van der Waals surface area contributed by atoms with Crippen LogP contribution >= 0.6 is 0 Å². The van der Waals surface area contributed by atoms with Crippen molar-refractivity contribution < 1.29 is 22.7 Å². The summed E-state index contributed by atoms with van der Waals surface area (Å²) < 4.78 is 38.6. The van der Waals surface area contributed by atoms with Gasteiger partial charge in [0.15, 0.2) is 11.5 Å². The van der Waals surface area contributed by atoms with Crippen LogP contribution in [0, 0.1) is 0 Å². The molecule has 8 nitrogen and oxygen atoms in total. The third kappa shape index (κ3) is 5.07. The second kappa shape index (κ2) is 8.50. The molecular weight excluding hydrogens is 346 g/mol. The zero-order valence-corrected chi connectivity index (χ0v) is 15.6. The van der Waals surface area contributed by atoms with Crippen LogP contribution in [0.3, 0.4) is 0 Å². The molecule has 1 aromatic carbocycles. The zero-order chi connectivity index (χ0) is 18.4. The molecule has 0 radical (unpaired) electrons. The van der Waals surface area contributed by atoms with Crippen molar-refractivity contribution >= 4 is 15.9 Å². The fourth-order valence-corrected chi connectivity index (χ4v) is 3.59.